The summed E-state index contributed by atoms with van der Waals surface area (Å²) >= 11 is 0. The summed E-state index contributed by atoms with van der Waals surface area (Å²) in [7, 11) is 4.03. The second-order valence-corrected chi connectivity index (χ2v) is 5.30. The van der Waals surface area contributed by atoms with Crippen LogP contribution in [-0.2, 0) is 6.42 Å². The van der Waals surface area contributed by atoms with Crippen LogP contribution in [0.15, 0.2) is 48.5 Å². The molecule has 0 aliphatic heterocycles. The highest BCUT2D eigenvalue weighted by atomic mass is 15.1. The Morgan fingerprint density at radius 2 is 1.85 bits per heavy atom. The van der Waals surface area contributed by atoms with Crippen LogP contribution < -0.4 is 4.90 Å². The molecule has 0 spiro atoms. The highest BCUT2D eigenvalue weighted by Crippen LogP contribution is 2.25. The van der Waals surface area contributed by atoms with E-state index in [0.29, 0.717) is 0 Å². The molecular formula is C18H20N2. The minimum atomic E-state index is -0.101. The Morgan fingerprint density at radius 1 is 1.10 bits per heavy atom. The molecule has 1 atom stereocenters. The molecule has 0 bridgehead atoms. The Kier molecular flexibility index (Phi) is 4.42. The molecule has 0 heterocycles. The largest absolute Gasteiger partial charge is 0.378 e. The predicted molar refractivity (Wildman–Crippen MR) is 84.0 cm³/mol. The topological polar surface area (TPSA) is 27.0 Å². The third-order valence-corrected chi connectivity index (χ3v) is 3.63. The van der Waals surface area contributed by atoms with Gasteiger partial charge in [-0.15, -0.1) is 0 Å². The van der Waals surface area contributed by atoms with Crippen LogP contribution in [0.5, 0.6) is 0 Å². The lowest BCUT2D eigenvalue weighted by Gasteiger charge is -2.16. The Morgan fingerprint density at radius 3 is 2.50 bits per heavy atom. The van der Waals surface area contributed by atoms with E-state index in [1.807, 2.05) is 38.4 Å². The van der Waals surface area contributed by atoms with Crippen LogP contribution in [0.3, 0.4) is 0 Å². The first-order valence-corrected chi connectivity index (χ1v) is 6.83. The molecule has 2 heteroatoms. The molecule has 0 aliphatic carbocycles. The fraction of sp³-hybridized carbons (Fsp3) is 0.278. The number of nitriles is 1. The van der Waals surface area contributed by atoms with Crippen LogP contribution in [0.4, 0.5) is 5.69 Å². The van der Waals surface area contributed by atoms with Crippen molar-refractivity contribution in [3.8, 4) is 6.07 Å². The number of hydrogen-bond acceptors (Lipinski definition) is 2. The summed E-state index contributed by atoms with van der Waals surface area (Å²) in [5, 5.41) is 9.50. The van der Waals surface area contributed by atoms with Crippen molar-refractivity contribution in [2.24, 2.45) is 0 Å². The van der Waals surface area contributed by atoms with Gasteiger partial charge in [0.05, 0.1) is 12.0 Å². The molecule has 1 unspecified atom stereocenters. The maximum absolute atomic E-state index is 9.50. The fourth-order valence-electron chi connectivity index (χ4n) is 2.32. The average Bonchev–Trinajstić information content (AvgIpc) is 2.46. The second kappa shape index (κ2) is 6.25. The SMILES string of the molecule is Cc1ccccc1CC(C#N)c1cccc(N(C)C)c1. The van der Waals surface area contributed by atoms with Gasteiger partial charge in [0.15, 0.2) is 0 Å². The molecular weight excluding hydrogens is 244 g/mol. The zero-order valence-corrected chi connectivity index (χ0v) is 12.3. The lowest BCUT2D eigenvalue weighted by atomic mass is 9.91. The number of benzene rings is 2. The first-order chi connectivity index (χ1) is 9.61. The van der Waals surface area contributed by atoms with Gasteiger partial charge in [0, 0.05) is 19.8 Å². The molecule has 2 aromatic carbocycles. The number of rotatable bonds is 4. The summed E-state index contributed by atoms with van der Waals surface area (Å²) in [4.78, 5) is 2.06. The minimum absolute atomic E-state index is 0.101. The summed E-state index contributed by atoms with van der Waals surface area (Å²) in [6.07, 6.45) is 0.764. The van der Waals surface area contributed by atoms with E-state index < -0.39 is 0 Å². The number of nitrogens with zero attached hydrogens (tertiary/aromatic N) is 2. The van der Waals surface area contributed by atoms with Gasteiger partial charge in [-0.3, -0.25) is 0 Å². The van der Waals surface area contributed by atoms with Gasteiger partial charge in [0.25, 0.3) is 0 Å². The van der Waals surface area contributed by atoms with Crippen molar-refractivity contribution in [3.63, 3.8) is 0 Å². The average molecular weight is 264 g/mol. The maximum atomic E-state index is 9.50. The van der Waals surface area contributed by atoms with E-state index in [9.17, 15) is 5.26 Å². The molecule has 0 saturated carbocycles. The summed E-state index contributed by atoms with van der Waals surface area (Å²) < 4.78 is 0. The van der Waals surface area contributed by atoms with E-state index in [-0.39, 0.29) is 5.92 Å². The van der Waals surface area contributed by atoms with Gasteiger partial charge in [-0.1, -0.05) is 36.4 Å². The Hall–Kier alpha value is -2.27. The van der Waals surface area contributed by atoms with Gasteiger partial charge >= 0.3 is 0 Å². The highest BCUT2D eigenvalue weighted by Gasteiger charge is 2.13. The first kappa shape index (κ1) is 14.1. The van der Waals surface area contributed by atoms with Crippen molar-refractivity contribution in [1.29, 1.82) is 5.26 Å². The second-order valence-electron chi connectivity index (χ2n) is 5.30. The smallest absolute Gasteiger partial charge is 0.0753 e. The fourth-order valence-corrected chi connectivity index (χ4v) is 2.32. The van der Waals surface area contributed by atoms with Gasteiger partial charge in [-0.2, -0.15) is 5.26 Å². The van der Waals surface area contributed by atoms with Crippen LogP contribution in [-0.4, -0.2) is 14.1 Å². The molecule has 0 aliphatic rings. The molecule has 2 rings (SSSR count). The number of aryl methyl sites for hydroxylation is 1. The third kappa shape index (κ3) is 3.19. The molecule has 2 aromatic rings. The third-order valence-electron chi connectivity index (χ3n) is 3.63. The molecule has 2 nitrogen and oxygen atoms in total. The van der Waals surface area contributed by atoms with Crippen LogP contribution >= 0.6 is 0 Å². The van der Waals surface area contributed by atoms with Crippen molar-refractivity contribution in [3.05, 3.63) is 65.2 Å². The van der Waals surface area contributed by atoms with Gasteiger partial charge in [-0.05, 0) is 42.2 Å². The van der Waals surface area contributed by atoms with E-state index in [2.05, 4.69) is 42.2 Å². The number of anilines is 1. The lowest BCUT2D eigenvalue weighted by Crippen LogP contribution is -2.09. The van der Waals surface area contributed by atoms with Crippen molar-refractivity contribution in [2.75, 3.05) is 19.0 Å². The summed E-state index contributed by atoms with van der Waals surface area (Å²) in [6, 6.07) is 18.9. The Labute approximate surface area is 121 Å². The molecule has 0 amide bonds. The summed E-state index contributed by atoms with van der Waals surface area (Å²) in [5.41, 5.74) is 4.71. The van der Waals surface area contributed by atoms with Crippen LogP contribution in [0.25, 0.3) is 0 Å². The standard InChI is InChI=1S/C18H20N2/c1-14-7-4-5-8-15(14)11-17(13-19)16-9-6-10-18(12-16)20(2)3/h4-10,12,17H,11H2,1-3H3. The van der Waals surface area contributed by atoms with Crippen LogP contribution in [0.2, 0.25) is 0 Å². The lowest BCUT2D eigenvalue weighted by molar-refractivity contribution is 0.842. The van der Waals surface area contributed by atoms with Crippen molar-refractivity contribution < 1.29 is 0 Å². The molecule has 0 fully saturated rings. The maximum Gasteiger partial charge on any atom is 0.0753 e. The van der Waals surface area contributed by atoms with Crippen molar-refractivity contribution >= 4 is 5.69 Å². The first-order valence-electron chi connectivity index (χ1n) is 6.83. The molecule has 0 aromatic heterocycles. The normalized spacial score (nSPS) is 11.7. The number of hydrogen-bond donors (Lipinski definition) is 0. The quantitative estimate of drug-likeness (QED) is 0.837. The molecule has 0 N–H and O–H groups in total. The van der Waals surface area contributed by atoms with Gasteiger partial charge in [-0.25, -0.2) is 0 Å². The monoisotopic (exact) mass is 264 g/mol. The van der Waals surface area contributed by atoms with Crippen LogP contribution in [0, 0.1) is 18.3 Å². The van der Waals surface area contributed by atoms with E-state index in [1.54, 1.807) is 0 Å². The van der Waals surface area contributed by atoms with Crippen molar-refractivity contribution in [1.82, 2.24) is 0 Å². The van der Waals surface area contributed by atoms with Crippen molar-refractivity contribution in [2.45, 2.75) is 19.3 Å². The van der Waals surface area contributed by atoms with Crippen LogP contribution in [0.1, 0.15) is 22.6 Å². The summed E-state index contributed by atoms with van der Waals surface area (Å²) in [5.74, 6) is -0.101. The zero-order chi connectivity index (χ0) is 14.5. The molecule has 0 saturated heterocycles. The van der Waals surface area contributed by atoms with E-state index in [4.69, 9.17) is 0 Å². The van der Waals surface area contributed by atoms with E-state index in [1.165, 1.54) is 11.1 Å². The highest BCUT2D eigenvalue weighted by molar-refractivity contribution is 5.49. The van der Waals surface area contributed by atoms with Gasteiger partial charge in [0.1, 0.15) is 0 Å². The Balaban J connectivity index is 2.27. The minimum Gasteiger partial charge on any atom is -0.378 e. The van der Waals surface area contributed by atoms with Gasteiger partial charge < -0.3 is 4.90 Å². The molecule has 102 valence electrons. The zero-order valence-electron chi connectivity index (χ0n) is 12.3. The van der Waals surface area contributed by atoms with Gasteiger partial charge in [0.2, 0.25) is 0 Å². The molecule has 20 heavy (non-hydrogen) atoms. The van der Waals surface area contributed by atoms with E-state index in [0.717, 1.165) is 17.7 Å². The van der Waals surface area contributed by atoms with E-state index >= 15 is 0 Å². The predicted octanol–water partition coefficient (Wildman–Crippen LogP) is 3.91. The molecule has 0 radical (unpaired) electrons. The Bertz CT molecular complexity index is 623. The summed E-state index contributed by atoms with van der Waals surface area (Å²) in [6.45, 7) is 2.10.